The molecule has 3 heterocycles. The summed E-state index contributed by atoms with van der Waals surface area (Å²) < 4.78 is 5.24. The highest BCUT2D eigenvalue weighted by atomic mass is 16.5. The van der Waals surface area contributed by atoms with E-state index in [-0.39, 0.29) is 24.4 Å². The second kappa shape index (κ2) is 8.62. The van der Waals surface area contributed by atoms with E-state index >= 15 is 0 Å². The van der Waals surface area contributed by atoms with Gasteiger partial charge in [0, 0.05) is 29.6 Å². The van der Waals surface area contributed by atoms with Gasteiger partial charge in [-0.2, -0.15) is 0 Å². The van der Waals surface area contributed by atoms with Crippen LogP contribution in [0.3, 0.4) is 0 Å². The van der Waals surface area contributed by atoms with Crippen LogP contribution in [0.1, 0.15) is 28.4 Å². The summed E-state index contributed by atoms with van der Waals surface area (Å²) in [5, 5.41) is 1.12. The Hall–Kier alpha value is -4.06. The molecule has 0 spiro atoms. The van der Waals surface area contributed by atoms with Gasteiger partial charge in [-0.15, -0.1) is 0 Å². The van der Waals surface area contributed by atoms with Crippen molar-refractivity contribution in [2.75, 3.05) is 20.2 Å². The van der Waals surface area contributed by atoms with Gasteiger partial charge in [0.15, 0.2) is 0 Å². The van der Waals surface area contributed by atoms with Gasteiger partial charge in [-0.25, -0.2) is 0 Å². The number of rotatable bonds is 5. The van der Waals surface area contributed by atoms with Gasteiger partial charge >= 0.3 is 0 Å². The Bertz CT molecular complexity index is 1390. The van der Waals surface area contributed by atoms with Gasteiger partial charge < -0.3 is 19.5 Å². The Morgan fingerprint density at radius 3 is 2.46 bits per heavy atom. The summed E-state index contributed by atoms with van der Waals surface area (Å²) >= 11 is 0. The molecule has 0 bridgehead atoms. The first kappa shape index (κ1) is 21.5. The van der Waals surface area contributed by atoms with Crippen LogP contribution in [0.25, 0.3) is 10.9 Å². The van der Waals surface area contributed by atoms with Gasteiger partial charge in [0.2, 0.25) is 11.8 Å². The molecule has 1 saturated heterocycles. The molecular weight excluding hydrogens is 438 g/mol. The summed E-state index contributed by atoms with van der Waals surface area (Å²) in [4.78, 5) is 34.5. The van der Waals surface area contributed by atoms with E-state index < -0.39 is 6.04 Å². The molecule has 4 aromatic rings. The van der Waals surface area contributed by atoms with Crippen molar-refractivity contribution < 1.29 is 14.3 Å². The quantitative estimate of drug-likeness (QED) is 0.483. The van der Waals surface area contributed by atoms with E-state index in [1.807, 2.05) is 71.6 Å². The number of nitrogens with zero attached hydrogens (tertiary/aromatic N) is 2. The molecule has 2 aliphatic rings. The number of aromatic amines is 1. The molecule has 3 aromatic carbocycles. The van der Waals surface area contributed by atoms with Gasteiger partial charge in [0.1, 0.15) is 11.8 Å². The van der Waals surface area contributed by atoms with Crippen LogP contribution in [0.5, 0.6) is 5.75 Å². The number of carbonyl (C=O) groups is 2. The first-order valence-electron chi connectivity index (χ1n) is 12.0. The summed E-state index contributed by atoms with van der Waals surface area (Å²) in [6.45, 7) is 0.613. The first-order chi connectivity index (χ1) is 17.1. The van der Waals surface area contributed by atoms with E-state index in [9.17, 15) is 9.59 Å². The van der Waals surface area contributed by atoms with Gasteiger partial charge in [0.05, 0.1) is 19.7 Å². The molecule has 176 valence electrons. The summed E-state index contributed by atoms with van der Waals surface area (Å²) in [6.07, 6.45) is 1.21. The van der Waals surface area contributed by atoms with Gasteiger partial charge in [-0.3, -0.25) is 9.59 Å². The lowest BCUT2D eigenvalue weighted by molar-refractivity contribution is -0.158. The highest BCUT2D eigenvalue weighted by Gasteiger charge is 2.48. The predicted molar refractivity (Wildman–Crippen MR) is 134 cm³/mol. The normalized spacial score (nSPS) is 19.6. The van der Waals surface area contributed by atoms with Crippen molar-refractivity contribution in [3.05, 3.63) is 101 Å². The number of benzene rings is 3. The molecule has 6 heteroatoms. The minimum absolute atomic E-state index is 0.0116. The number of amides is 2. The van der Waals surface area contributed by atoms with Crippen molar-refractivity contribution >= 4 is 22.7 Å². The number of fused-ring (bicyclic) bond motifs is 4. The van der Waals surface area contributed by atoms with E-state index in [2.05, 4.69) is 17.1 Å². The van der Waals surface area contributed by atoms with Gasteiger partial charge in [-0.05, 0) is 41.3 Å². The van der Waals surface area contributed by atoms with Crippen molar-refractivity contribution in [3.63, 3.8) is 0 Å². The zero-order chi connectivity index (χ0) is 23.9. The first-order valence-corrected chi connectivity index (χ1v) is 12.0. The second-order valence-corrected chi connectivity index (χ2v) is 9.25. The number of para-hydroxylation sites is 1. The molecule has 0 radical (unpaired) electrons. The molecule has 2 amide bonds. The predicted octanol–water partition coefficient (Wildman–Crippen LogP) is 4.10. The Kier molecular flexibility index (Phi) is 5.29. The van der Waals surface area contributed by atoms with E-state index in [0.29, 0.717) is 19.4 Å². The van der Waals surface area contributed by atoms with E-state index in [0.717, 1.165) is 39.0 Å². The third-order valence-electron chi connectivity index (χ3n) is 7.29. The van der Waals surface area contributed by atoms with E-state index in [1.165, 1.54) is 0 Å². The van der Waals surface area contributed by atoms with Crippen LogP contribution in [0.2, 0.25) is 0 Å². The number of hydrogen-bond donors (Lipinski definition) is 1. The van der Waals surface area contributed by atoms with Crippen LogP contribution in [0, 0.1) is 0 Å². The summed E-state index contributed by atoms with van der Waals surface area (Å²) in [6, 6.07) is 25.2. The van der Waals surface area contributed by atoms with Gasteiger partial charge in [-0.1, -0.05) is 60.7 Å². The fourth-order valence-electron chi connectivity index (χ4n) is 5.55. The third kappa shape index (κ3) is 3.66. The minimum atomic E-state index is -0.510. The van der Waals surface area contributed by atoms with Crippen LogP contribution < -0.4 is 4.74 Å². The van der Waals surface area contributed by atoms with Crippen molar-refractivity contribution in [1.29, 1.82) is 0 Å². The third-order valence-corrected chi connectivity index (χ3v) is 7.29. The highest BCUT2D eigenvalue weighted by molar-refractivity contribution is 5.97. The SMILES string of the molecule is COc1ccc(CCN2CC(=O)N3[C@@H](c4ccccc4)c4[nH]c5ccccc5c4C[C@H]3C2=O)cc1. The lowest BCUT2D eigenvalue weighted by Crippen LogP contribution is -2.63. The Balaban J connectivity index is 1.34. The number of carbonyl (C=O) groups excluding carboxylic acids is 2. The molecular formula is C29H27N3O3. The Morgan fingerprint density at radius 1 is 0.943 bits per heavy atom. The lowest BCUT2D eigenvalue weighted by Gasteiger charge is -2.47. The summed E-state index contributed by atoms with van der Waals surface area (Å²) in [5.41, 5.74) is 5.31. The van der Waals surface area contributed by atoms with Crippen LogP contribution in [0.15, 0.2) is 78.9 Å². The number of aromatic nitrogens is 1. The average molecular weight is 466 g/mol. The smallest absolute Gasteiger partial charge is 0.246 e. The molecule has 2 atom stereocenters. The summed E-state index contributed by atoms with van der Waals surface area (Å²) in [7, 11) is 1.64. The maximum absolute atomic E-state index is 13.8. The Morgan fingerprint density at radius 2 is 1.69 bits per heavy atom. The number of methoxy groups -OCH3 is 1. The van der Waals surface area contributed by atoms with Crippen LogP contribution in [-0.2, 0) is 22.4 Å². The lowest BCUT2D eigenvalue weighted by atomic mass is 9.86. The number of nitrogens with one attached hydrogen (secondary N) is 1. The van der Waals surface area contributed by atoms with Crippen LogP contribution >= 0.6 is 0 Å². The van der Waals surface area contributed by atoms with Crippen LogP contribution in [0.4, 0.5) is 0 Å². The molecule has 6 nitrogen and oxygen atoms in total. The molecule has 0 saturated carbocycles. The zero-order valence-electron chi connectivity index (χ0n) is 19.6. The molecule has 6 rings (SSSR count). The van der Waals surface area contributed by atoms with Crippen LogP contribution in [-0.4, -0.2) is 52.8 Å². The largest absolute Gasteiger partial charge is 0.497 e. The highest BCUT2D eigenvalue weighted by Crippen LogP contribution is 2.42. The van der Waals surface area contributed by atoms with Crippen molar-refractivity contribution in [3.8, 4) is 5.75 Å². The van der Waals surface area contributed by atoms with Crippen molar-refractivity contribution in [2.45, 2.75) is 24.9 Å². The molecule has 1 fully saturated rings. The Labute approximate surface area is 204 Å². The van der Waals surface area contributed by atoms with E-state index in [1.54, 1.807) is 12.0 Å². The second-order valence-electron chi connectivity index (χ2n) is 9.25. The zero-order valence-corrected chi connectivity index (χ0v) is 19.6. The standard InChI is InChI=1S/C29H27N3O3/c1-35-21-13-11-19(12-14-21)15-16-31-18-26(33)32-25(29(31)34)17-23-22-9-5-6-10-24(22)30-27(23)28(32)20-7-3-2-4-8-20/h2-14,25,28,30H,15-18H2,1H3/t25-,28-/m0/s1. The molecule has 2 aliphatic heterocycles. The van der Waals surface area contributed by atoms with Gasteiger partial charge in [0.25, 0.3) is 0 Å². The maximum Gasteiger partial charge on any atom is 0.246 e. The minimum Gasteiger partial charge on any atom is -0.497 e. The topological polar surface area (TPSA) is 65.6 Å². The monoisotopic (exact) mass is 465 g/mol. The molecule has 1 N–H and O–H groups in total. The number of ether oxygens (including phenoxy) is 1. The van der Waals surface area contributed by atoms with Crippen molar-refractivity contribution in [1.82, 2.24) is 14.8 Å². The maximum atomic E-state index is 13.8. The van der Waals surface area contributed by atoms with E-state index in [4.69, 9.17) is 4.74 Å². The molecule has 0 unspecified atom stereocenters. The number of H-pyrrole nitrogens is 1. The number of hydrogen-bond acceptors (Lipinski definition) is 3. The molecule has 0 aliphatic carbocycles. The fourth-order valence-corrected chi connectivity index (χ4v) is 5.55. The average Bonchev–Trinajstić information content (AvgIpc) is 3.28. The molecule has 1 aromatic heterocycles. The number of piperazine rings is 1. The fraction of sp³-hybridized carbons (Fsp3) is 0.241. The molecule has 35 heavy (non-hydrogen) atoms. The summed E-state index contributed by atoms with van der Waals surface area (Å²) in [5.74, 6) is 0.815. The van der Waals surface area contributed by atoms with Crippen molar-refractivity contribution in [2.24, 2.45) is 0 Å².